The third-order valence-corrected chi connectivity index (χ3v) is 2.79. The number of amides is 1. The zero-order valence-corrected chi connectivity index (χ0v) is 11.9. The van der Waals surface area contributed by atoms with Crippen molar-refractivity contribution in [3.63, 3.8) is 0 Å². The lowest BCUT2D eigenvalue weighted by Gasteiger charge is -2.15. The molecule has 1 amide bonds. The van der Waals surface area contributed by atoms with Crippen molar-refractivity contribution < 1.29 is 13.7 Å². The fraction of sp³-hybridized carbons (Fsp3) is 0.286. The van der Waals surface area contributed by atoms with Crippen molar-refractivity contribution in [2.75, 3.05) is 24.6 Å². The molecule has 3 N–H and O–H groups in total. The molecule has 1 aromatic heterocycles. The van der Waals surface area contributed by atoms with Gasteiger partial charge in [-0.05, 0) is 32.2 Å². The number of hydrogen-bond acceptors (Lipinski definition) is 5. The average Bonchev–Trinajstić information content (AvgIpc) is 2.79. The Morgan fingerprint density at radius 2 is 2.24 bits per heavy atom. The zero-order chi connectivity index (χ0) is 15.4. The Kier molecular flexibility index (Phi) is 4.54. The number of carbonyl (C=O) groups excluding carboxylic acids is 1. The predicted molar refractivity (Wildman–Crippen MR) is 77.0 cm³/mol. The van der Waals surface area contributed by atoms with E-state index in [4.69, 9.17) is 10.3 Å². The van der Waals surface area contributed by atoms with Crippen molar-refractivity contribution in [3.05, 3.63) is 41.5 Å². The maximum Gasteiger partial charge on any atom is 0.238 e. The van der Waals surface area contributed by atoms with E-state index in [0.29, 0.717) is 18.0 Å². The van der Waals surface area contributed by atoms with E-state index in [2.05, 4.69) is 10.5 Å². The molecule has 0 radical (unpaired) electrons. The first-order valence-electron chi connectivity index (χ1n) is 6.39. The number of aromatic nitrogens is 1. The van der Waals surface area contributed by atoms with Crippen LogP contribution in [0, 0.1) is 12.7 Å². The second-order valence-corrected chi connectivity index (χ2v) is 4.89. The van der Waals surface area contributed by atoms with Crippen molar-refractivity contribution in [2.24, 2.45) is 0 Å². The molecule has 0 aliphatic rings. The molecule has 21 heavy (non-hydrogen) atoms. The van der Waals surface area contributed by atoms with Crippen LogP contribution in [0.4, 0.5) is 15.8 Å². The van der Waals surface area contributed by atoms with Crippen LogP contribution >= 0.6 is 0 Å². The van der Waals surface area contributed by atoms with Gasteiger partial charge in [-0.15, -0.1) is 0 Å². The lowest BCUT2D eigenvalue weighted by atomic mass is 10.2. The minimum absolute atomic E-state index is 0.0747. The van der Waals surface area contributed by atoms with Crippen LogP contribution in [0.5, 0.6) is 0 Å². The lowest BCUT2D eigenvalue weighted by molar-refractivity contribution is -0.117. The Labute approximate surface area is 121 Å². The van der Waals surface area contributed by atoms with Gasteiger partial charge < -0.3 is 15.6 Å². The molecule has 0 unspecified atom stereocenters. The number of benzene rings is 1. The molecule has 6 nitrogen and oxygen atoms in total. The van der Waals surface area contributed by atoms with E-state index >= 15 is 0 Å². The number of rotatable bonds is 5. The van der Waals surface area contributed by atoms with Gasteiger partial charge >= 0.3 is 0 Å². The SMILES string of the molecule is Cc1cc(CN(C)CC(=O)Nc2cc(N)ccc2F)no1. The van der Waals surface area contributed by atoms with Crippen LogP contribution in [0.3, 0.4) is 0 Å². The number of carbonyl (C=O) groups is 1. The maximum atomic E-state index is 13.5. The van der Waals surface area contributed by atoms with Gasteiger partial charge in [0.2, 0.25) is 5.91 Å². The van der Waals surface area contributed by atoms with Crippen LogP contribution < -0.4 is 11.1 Å². The first-order chi connectivity index (χ1) is 9.94. The van der Waals surface area contributed by atoms with E-state index in [1.807, 2.05) is 0 Å². The van der Waals surface area contributed by atoms with E-state index < -0.39 is 5.82 Å². The maximum absolute atomic E-state index is 13.5. The molecule has 112 valence electrons. The van der Waals surface area contributed by atoms with E-state index in [1.54, 1.807) is 24.9 Å². The predicted octanol–water partition coefficient (Wildman–Crippen LogP) is 1.77. The summed E-state index contributed by atoms with van der Waals surface area (Å²) in [4.78, 5) is 13.6. The van der Waals surface area contributed by atoms with E-state index in [9.17, 15) is 9.18 Å². The normalized spacial score (nSPS) is 10.9. The van der Waals surface area contributed by atoms with Gasteiger partial charge in [0.05, 0.1) is 17.9 Å². The van der Waals surface area contributed by atoms with Gasteiger partial charge in [0.1, 0.15) is 11.6 Å². The topological polar surface area (TPSA) is 84.4 Å². The number of anilines is 2. The number of nitrogens with two attached hydrogens (primary N) is 1. The molecule has 0 saturated heterocycles. The number of likely N-dealkylation sites (N-methyl/N-ethyl adjacent to an activating group) is 1. The minimum atomic E-state index is -0.521. The zero-order valence-electron chi connectivity index (χ0n) is 11.9. The van der Waals surface area contributed by atoms with Crippen LogP contribution in [-0.4, -0.2) is 29.6 Å². The van der Waals surface area contributed by atoms with Crippen LogP contribution in [0.25, 0.3) is 0 Å². The van der Waals surface area contributed by atoms with Gasteiger partial charge in [0, 0.05) is 18.3 Å². The van der Waals surface area contributed by atoms with Gasteiger partial charge in [-0.1, -0.05) is 5.16 Å². The first kappa shape index (κ1) is 15.0. The number of nitrogen functional groups attached to an aromatic ring is 1. The molecule has 1 heterocycles. The highest BCUT2D eigenvalue weighted by Crippen LogP contribution is 2.17. The number of halogens is 1. The smallest absolute Gasteiger partial charge is 0.238 e. The summed E-state index contributed by atoms with van der Waals surface area (Å²) >= 11 is 0. The molecule has 1 aromatic carbocycles. The number of nitrogens with one attached hydrogen (secondary N) is 1. The highest BCUT2D eigenvalue weighted by Gasteiger charge is 2.11. The van der Waals surface area contributed by atoms with Crippen LogP contribution in [-0.2, 0) is 11.3 Å². The summed E-state index contributed by atoms with van der Waals surface area (Å²) in [5.74, 6) is -0.140. The van der Waals surface area contributed by atoms with Gasteiger partial charge in [0.25, 0.3) is 0 Å². The molecule has 0 aliphatic heterocycles. The van der Waals surface area contributed by atoms with Gasteiger partial charge in [-0.25, -0.2) is 4.39 Å². The molecule has 0 saturated carbocycles. The summed E-state index contributed by atoms with van der Waals surface area (Å²) < 4.78 is 18.5. The fourth-order valence-electron chi connectivity index (χ4n) is 1.90. The molecule has 2 aromatic rings. The number of aryl methyl sites for hydroxylation is 1. The Bertz CT molecular complexity index is 642. The summed E-state index contributed by atoms with van der Waals surface area (Å²) in [6, 6.07) is 5.83. The highest BCUT2D eigenvalue weighted by molar-refractivity contribution is 5.92. The van der Waals surface area contributed by atoms with Gasteiger partial charge in [0.15, 0.2) is 0 Å². The molecule has 0 fully saturated rings. The Morgan fingerprint density at radius 3 is 2.90 bits per heavy atom. The number of nitrogens with zero attached hydrogens (tertiary/aromatic N) is 2. The van der Waals surface area contributed by atoms with E-state index in [-0.39, 0.29) is 18.1 Å². The van der Waals surface area contributed by atoms with E-state index in [1.165, 1.54) is 18.2 Å². The molecular weight excluding hydrogens is 275 g/mol. The third-order valence-electron chi connectivity index (χ3n) is 2.79. The Hall–Kier alpha value is -2.41. The largest absolute Gasteiger partial charge is 0.399 e. The standard InChI is InChI=1S/C14H17FN4O2/c1-9-5-11(18-21-9)7-19(2)8-14(20)17-13-6-10(16)3-4-12(13)15/h3-6H,7-8,16H2,1-2H3,(H,17,20). The van der Waals surface area contributed by atoms with Crippen molar-refractivity contribution in [3.8, 4) is 0 Å². The van der Waals surface area contributed by atoms with Crippen molar-refractivity contribution in [1.82, 2.24) is 10.1 Å². The molecule has 0 spiro atoms. The second kappa shape index (κ2) is 6.36. The molecule has 0 atom stereocenters. The quantitative estimate of drug-likeness (QED) is 0.821. The first-order valence-corrected chi connectivity index (χ1v) is 6.39. The summed E-state index contributed by atoms with van der Waals surface area (Å²) in [5, 5.41) is 6.34. The molecule has 2 rings (SSSR count). The summed E-state index contributed by atoms with van der Waals surface area (Å²) in [5.41, 5.74) is 6.76. The van der Waals surface area contributed by atoms with Gasteiger partial charge in [-0.2, -0.15) is 0 Å². The highest BCUT2D eigenvalue weighted by atomic mass is 19.1. The Balaban J connectivity index is 1.90. The number of hydrogen-bond donors (Lipinski definition) is 2. The van der Waals surface area contributed by atoms with E-state index in [0.717, 1.165) is 5.69 Å². The fourth-order valence-corrected chi connectivity index (χ4v) is 1.90. The summed E-state index contributed by atoms with van der Waals surface area (Å²) in [6.45, 7) is 2.36. The third kappa shape index (κ3) is 4.28. The van der Waals surface area contributed by atoms with Crippen molar-refractivity contribution in [1.29, 1.82) is 0 Å². The van der Waals surface area contributed by atoms with Gasteiger partial charge in [-0.3, -0.25) is 9.69 Å². The summed E-state index contributed by atoms with van der Waals surface area (Å²) in [7, 11) is 1.76. The second-order valence-electron chi connectivity index (χ2n) is 4.89. The van der Waals surface area contributed by atoms with Crippen molar-refractivity contribution >= 4 is 17.3 Å². The van der Waals surface area contributed by atoms with Crippen LogP contribution in [0.2, 0.25) is 0 Å². The molecule has 0 aliphatic carbocycles. The van der Waals surface area contributed by atoms with Crippen molar-refractivity contribution in [2.45, 2.75) is 13.5 Å². The monoisotopic (exact) mass is 292 g/mol. The molecule has 0 bridgehead atoms. The average molecular weight is 292 g/mol. The summed E-state index contributed by atoms with van der Waals surface area (Å²) in [6.07, 6.45) is 0. The molecular formula is C14H17FN4O2. The van der Waals surface area contributed by atoms with Crippen LogP contribution in [0.15, 0.2) is 28.8 Å². The lowest BCUT2D eigenvalue weighted by Crippen LogP contribution is -2.30. The Morgan fingerprint density at radius 1 is 1.48 bits per heavy atom. The molecule has 7 heteroatoms. The minimum Gasteiger partial charge on any atom is -0.399 e. The van der Waals surface area contributed by atoms with Crippen LogP contribution in [0.1, 0.15) is 11.5 Å².